The summed E-state index contributed by atoms with van der Waals surface area (Å²) in [6, 6.07) is 3.07. The lowest BCUT2D eigenvalue weighted by Crippen LogP contribution is -2.02. The van der Waals surface area contributed by atoms with Gasteiger partial charge in [0.15, 0.2) is 0 Å². The van der Waals surface area contributed by atoms with E-state index in [0.29, 0.717) is 0 Å². The van der Waals surface area contributed by atoms with Crippen LogP contribution in [-0.4, -0.2) is 32.7 Å². The summed E-state index contributed by atoms with van der Waals surface area (Å²) in [7, 11) is 0. The highest BCUT2D eigenvalue weighted by atomic mass is 16.4. The van der Waals surface area contributed by atoms with Crippen LogP contribution in [0.4, 0.5) is 0 Å². The molecule has 0 unspecified atom stereocenters. The molecule has 0 saturated carbocycles. The Morgan fingerprint density at radius 1 is 1.07 bits per heavy atom. The van der Waals surface area contributed by atoms with Crippen LogP contribution in [0.5, 0.6) is 5.75 Å². The third-order valence-corrected chi connectivity index (χ3v) is 1.47. The van der Waals surface area contributed by atoms with E-state index in [1.54, 1.807) is 0 Å². The van der Waals surface area contributed by atoms with Gasteiger partial charge in [-0.15, -0.1) is 0 Å². The topological polar surface area (TPSA) is 126 Å². The smallest absolute Gasteiger partial charge is 0.339 e. The first-order valence-corrected chi connectivity index (χ1v) is 3.32. The SMILES string of the molecule is O.O=C(O)c1ccc(O)c(C(=O)O)c1. The predicted molar refractivity (Wildman–Crippen MR) is 45.6 cm³/mol. The average Bonchev–Trinajstić information content (AvgIpc) is 2.04. The van der Waals surface area contributed by atoms with Gasteiger partial charge in [-0.2, -0.15) is 0 Å². The van der Waals surface area contributed by atoms with E-state index in [0.717, 1.165) is 18.2 Å². The van der Waals surface area contributed by atoms with Crippen LogP contribution in [0.15, 0.2) is 18.2 Å². The van der Waals surface area contributed by atoms with Crippen LogP contribution in [0, 0.1) is 0 Å². The van der Waals surface area contributed by atoms with E-state index in [1.807, 2.05) is 0 Å². The zero-order valence-corrected chi connectivity index (χ0v) is 6.89. The lowest BCUT2D eigenvalue weighted by Gasteiger charge is -1.99. The van der Waals surface area contributed by atoms with Crippen LogP contribution in [-0.2, 0) is 0 Å². The number of carbonyl (C=O) groups is 2. The summed E-state index contributed by atoms with van der Waals surface area (Å²) in [4.78, 5) is 20.9. The maximum Gasteiger partial charge on any atom is 0.339 e. The van der Waals surface area contributed by atoms with Gasteiger partial charge in [0.05, 0.1) is 5.56 Å². The van der Waals surface area contributed by atoms with E-state index < -0.39 is 23.3 Å². The summed E-state index contributed by atoms with van der Waals surface area (Å²) < 4.78 is 0. The highest BCUT2D eigenvalue weighted by Crippen LogP contribution is 2.18. The zero-order chi connectivity index (χ0) is 10.0. The number of aromatic hydroxyl groups is 1. The molecular weight excluding hydrogens is 192 g/mol. The molecule has 0 aromatic heterocycles. The summed E-state index contributed by atoms with van der Waals surface area (Å²) in [6.07, 6.45) is 0. The first-order chi connectivity index (χ1) is 6.02. The fraction of sp³-hybridized carbons (Fsp3) is 0. The fourth-order valence-corrected chi connectivity index (χ4v) is 0.840. The highest BCUT2D eigenvalue weighted by molar-refractivity contribution is 5.95. The second-order valence-corrected chi connectivity index (χ2v) is 2.34. The normalized spacial score (nSPS) is 8.86. The standard InChI is InChI=1S/C8H6O5.H2O/c9-6-2-1-4(7(10)11)3-5(6)8(12)13;/h1-3,9H,(H,10,11)(H,12,13);1H2. The van der Waals surface area contributed by atoms with Gasteiger partial charge in [-0.1, -0.05) is 0 Å². The van der Waals surface area contributed by atoms with Crippen LogP contribution in [0.3, 0.4) is 0 Å². The third kappa shape index (κ3) is 2.20. The van der Waals surface area contributed by atoms with E-state index in [2.05, 4.69) is 0 Å². The molecule has 1 aromatic carbocycles. The molecule has 0 aliphatic heterocycles. The van der Waals surface area contributed by atoms with Crippen molar-refractivity contribution in [3.63, 3.8) is 0 Å². The summed E-state index contributed by atoms with van der Waals surface area (Å²) >= 11 is 0. The Hall–Kier alpha value is -2.08. The number of hydrogen-bond acceptors (Lipinski definition) is 3. The number of phenols is 1. The summed E-state index contributed by atoms with van der Waals surface area (Å²) in [5.74, 6) is -3.04. The number of hydrogen-bond donors (Lipinski definition) is 3. The molecular formula is C8H8O6. The van der Waals surface area contributed by atoms with E-state index in [9.17, 15) is 9.59 Å². The van der Waals surface area contributed by atoms with Crippen molar-refractivity contribution in [1.29, 1.82) is 0 Å². The number of carboxylic acid groups (broad SMARTS) is 2. The van der Waals surface area contributed by atoms with Crippen LogP contribution >= 0.6 is 0 Å². The molecule has 6 heteroatoms. The van der Waals surface area contributed by atoms with E-state index in [1.165, 1.54) is 0 Å². The number of carboxylic acids is 2. The van der Waals surface area contributed by atoms with E-state index >= 15 is 0 Å². The van der Waals surface area contributed by atoms with Crippen molar-refractivity contribution < 1.29 is 30.4 Å². The molecule has 76 valence electrons. The quantitative estimate of drug-likeness (QED) is 0.617. The van der Waals surface area contributed by atoms with Gasteiger partial charge in [0.1, 0.15) is 11.3 Å². The van der Waals surface area contributed by atoms with Gasteiger partial charge in [-0.25, -0.2) is 9.59 Å². The van der Waals surface area contributed by atoms with E-state index in [-0.39, 0.29) is 11.0 Å². The van der Waals surface area contributed by atoms with Crippen LogP contribution in [0.1, 0.15) is 20.7 Å². The minimum Gasteiger partial charge on any atom is -0.507 e. The summed E-state index contributed by atoms with van der Waals surface area (Å²) in [5.41, 5.74) is -0.588. The average molecular weight is 200 g/mol. The summed E-state index contributed by atoms with van der Waals surface area (Å²) in [6.45, 7) is 0. The molecule has 0 radical (unpaired) electrons. The monoisotopic (exact) mass is 200 g/mol. The molecule has 0 aliphatic carbocycles. The molecule has 0 atom stereocenters. The van der Waals surface area contributed by atoms with Gasteiger partial charge in [0.25, 0.3) is 0 Å². The zero-order valence-electron chi connectivity index (χ0n) is 6.89. The van der Waals surface area contributed by atoms with Crippen LogP contribution in [0.2, 0.25) is 0 Å². The lowest BCUT2D eigenvalue weighted by atomic mass is 10.1. The Balaban J connectivity index is 0.00000169. The second-order valence-electron chi connectivity index (χ2n) is 2.34. The molecule has 6 nitrogen and oxygen atoms in total. The second kappa shape index (κ2) is 4.24. The van der Waals surface area contributed by atoms with Gasteiger partial charge < -0.3 is 20.8 Å². The molecule has 1 rings (SSSR count). The molecule has 0 saturated heterocycles. The summed E-state index contributed by atoms with van der Waals surface area (Å²) in [5, 5.41) is 26.0. The Morgan fingerprint density at radius 3 is 2.07 bits per heavy atom. The maximum absolute atomic E-state index is 10.4. The van der Waals surface area contributed by atoms with Gasteiger partial charge >= 0.3 is 11.9 Å². The molecule has 5 N–H and O–H groups in total. The Morgan fingerprint density at radius 2 is 1.64 bits per heavy atom. The highest BCUT2D eigenvalue weighted by Gasteiger charge is 2.12. The van der Waals surface area contributed by atoms with Crippen molar-refractivity contribution in [2.45, 2.75) is 0 Å². The molecule has 0 spiro atoms. The van der Waals surface area contributed by atoms with Crippen molar-refractivity contribution in [3.8, 4) is 5.75 Å². The van der Waals surface area contributed by atoms with Gasteiger partial charge in [-0.05, 0) is 18.2 Å². The van der Waals surface area contributed by atoms with Crippen molar-refractivity contribution in [3.05, 3.63) is 29.3 Å². The molecule has 0 aliphatic rings. The van der Waals surface area contributed by atoms with Gasteiger partial charge in [0, 0.05) is 0 Å². The first-order valence-electron chi connectivity index (χ1n) is 3.32. The minimum atomic E-state index is -1.36. The molecule has 1 aromatic rings. The van der Waals surface area contributed by atoms with Crippen LogP contribution < -0.4 is 0 Å². The number of benzene rings is 1. The fourth-order valence-electron chi connectivity index (χ4n) is 0.840. The minimum absolute atomic E-state index is 0. The first kappa shape index (κ1) is 11.9. The maximum atomic E-state index is 10.4. The lowest BCUT2D eigenvalue weighted by molar-refractivity contribution is 0.0693. The molecule has 0 fully saturated rings. The Bertz CT molecular complexity index is 370. The number of aromatic carboxylic acids is 2. The Kier molecular flexibility index (Phi) is 3.61. The van der Waals surface area contributed by atoms with Gasteiger partial charge in [-0.3, -0.25) is 0 Å². The van der Waals surface area contributed by atoms with E-state index in [4.69, 9.17) is 15.3 Å². The molecule has 0 amide bonds. The van der Waals surface area contributed by atoms with Crippen molar-refractivity contribution in [2.75, 3.05) is 0 Å². The number of rotatable bonds is 2. The molecule has 0 bridgehead atoms. The predicted octanol–water partition coefficient (Wildman–Crippen LogP) is -0.0361. The largest absolute Gasteiger partial charge is 0.507 e. The van der Waals surface area contributed by atoms with Crippen LogP contribution in [0.25, 0.3) is 0 Å². The van der Waals surface area contributed by atoms with Gasteiger partial charge in [0.2, 0.25) is 0 Å². The van der Waals surface area contributed by atoms with Crippen molar-refractivity contribution >= 4 is 11.9 Å². The Labute approximate surface area is 78.3 Å². The van der Waals surface area contributed by atoms with Crippen molar-refractivity contribution in [1.82, 2.24) is 0 Å². The molecule has 14 heavy (non-hydrogen) atoms. The van der Waals surface area contributed by atoms with Crippen molar-refractivity contribution in [2.24, 2.45) is 0 Å². The molecule has 0 heterocycles. The third-order valence-electron chi connectivity index (χ3n) is 1.47.